The van der Waals surface area contributed by atoms with Crippen LogP contribution in [0, 0.1) is 0 Å². The lowest BCUT2D eigenvalue weighted by molar-refractivity contribution is -0.122. The van der Waals surface area contributed by atoms with Gasteiger partial charge in [0.05, 0.1) is 26.4 Å². The predicted octanol–water partition coefficient (Wildman–Crippen LogP) is 1.12. The van der Waals surface area contributed by atoms with Crippen LogP contribution in [0.3, 0.4) is 0 Å². The van der Waals surface area contributed by atoms with E-state index in [4.69, 9.17) is 9.47 Å². The Kier molecular flexibility index (Phi) is 9.01. The Morgan fingerprint density at radius 3 is 2.90 bits per heavy atom. The molecule has 1 atom stereocenters. The Bertz CT molecular complexity index is 397. The van der Waals surface area contributed by atoms with E-state index in [1.165, 1.54) is 0 Å². The van der Waals surface area contributed by atoms with Crippen molar-refractivity contribution in [1.82, 2.24) is 10.6 Å². The molecule has 1 heterocycles. The van der Waals surface area contributed by atoms with Crippen molar-refractivity contribution >= 4 is 18.3 Å². The number of rotatable bonds is 7. The average molecular weight is 315 g/mol. The van der Waals surface area contributed by atoms with Gasteiger partial charge in [0, 0.05) is 25.6 Å². The van der Waals surface area contributed by atoms with Crippen LogP contribution >= 0.6 is 12.4 Å². The van der Waals surface area contributed by atoms with E-state index in [0.29, 0.717) is 32.8 Å². The Balaban J connectivity index is 0.00000220. The molecule has 0 aromatic heterocycles. The van der Waals surface area contributed by atoms with Gasteiger partial charge >= 0.3 is 0 Å². The Hall–Kier alpha value is -1.14. The van der Waals surface area contributed by atoms with Gasteiger partial charge in [0.2, 0.25) is 5.91 Å². The maximum Gasteiger partial charge on any atom is 0.221 e. The highest BCUT2D eigenvalue weighted by atomic mass is 35.5. The molecule has 0 radical (unpaired) electrons. The maximum absolute atomic E-state index is 11.7. The van der Waals surface area contributed by atoms with Crippen molar-refractivity contribution < 1.29 is 14.3 Å². The fourth-order valence-corrected chi connectivity index (χ4v) is 2.07. The van der Waals surface area contributed by atoms with Crippen LogP contribution in [0.15, 0.2) is 30.3 Å². The van der Waals surface area contributed by atoms with Gasteiger partial charge in [-0.05, 0) is 5.56 Å². The van der Waals surface area contributed by atoms with Crippen molar-refractivity contribution in [2.75, 3.05) is 32.9 Å². The maximum atomic E-state index is 11.7. The third kappa shape index (κ3) is 7.43. The molecule has 0 saturated carbocycles. The minimum Gasteiger partial charge on any atom is -0.378 e. The number of amides is 1. The van der Waals surface area contributed by atoms with Gasteiger partial charge in [-0.2, -0.15) is 0 Å². The van der Waals surface area contributed by atoms with Crippen LogP contribution in [0.2, 0.25) is 0 Å². The summed E-state index contributed by atoms with van der Waals surface area (Å²) in [5.74, 6) is 0.0383. The van der Waals surface area contributed by atoms with E-state index in [9.17, 15) is 4.79 Å². The summed E-state index contributed by atoms with van der Waals surface area (Å²) in [7, 11) is 0. The van der Waals surface area contributed by atoms with Crippen LogP contribution in [-0.4, -0.2) is 44.9 Å². The van der Waals surface area contributed by atoms with Gasteiger partial charge in [0.25, 0.3) is 0 Å². The fourth-order valence-electron chi connectivity index (χ4n) is 2.07. The molecule has 0 bridgehead atoms. The second kappa shape index (κ2) is 10.6. The number of benzene rings is 1. The largest absolute Gasteiger partial charge is 0.378 e. The molecule has 1 aliphatic heterocycles. The third-order valence-corrected chi connectivity index (χ3v) is 3.11. The summed E-state index contributed by atoms with van der Waals surface area (Å²) in [4.78, 5) is 11.7. The second-order valence-electron chi connectivity index (χ2n) is 4.82. The summed E-state index contributed by atoms with van der Waals surface area (Å²) in [6.07, 6.45) is 0.457. The number of hydrogen-bond acceptors (Lipinski definition) is 4. The van der Waals surface area contributed by atoms with Crippen molar-refractivity contribution in [2.24, 2.45) is 0 Å². The molecule has 0 aliphatic carbocycles. The average Bonchev–Trinajstić information content (AvgIpc) is 2.49. The monoisotopic (exact) mass is 314 g/mol. The molecule has 1 unspecified atom stereocenters. The minimum absolute atomic E-state index is 0. The molecule has 0 spiro atoms. The summed E-state index contributed by atoms with van der Waals surface area (Å²) in [6, 6.07) is 10.1. The molecule has 118 valence electrons. The van der Waals surface area contributed by atoms with Crippen molar-refractivity contribution in [3.63, 3.8) is 0 Å². The topological polar surface area (TPSA) is 59.6 Å². The molecule has 2 N–H and O–H groups in total. The summed E-state index contributed by atoms with van der Waals surface area (Å²) in [5, 5.41) is 6.11. The number of carbonyl (C=O) groups excluding carboxylic acids is 1. The highest BCUT2D eigenvalue weighted by Gasteiger charge is 2.16. The van der Waals surface area contributed by atoms with Gasteiger partial charge in [-0.25, -0.2) is 0 Å². The van der Waals surface area contributed by atoms with Gasteiger partial charge < -0.3 is 20.1 Å². The lowest BCUT2D eigenvalue weighted by Crippen LogP contribution is -2.44. The first-order chi connectivity index (χ1) is 9.84. The quantitative estimate of drug-likeness (QED) is 0.741. The molecule has 1 amide bonds. The van der Waals surface area contributed by atoms with Gasteiger partial charge in [0.15, 0.2) is 0 Å². The molecule has 2 rings (SSSR count). The van der Waals surface area contributed by atoms with E-state index in [2.05, 4.69) is 10.6 Å². The zero-order valence-corrected chi connectivity index (χ0v) is 12.9. The Morgan fingerprint density at radius 1 is 1.38 bits per heavy atom. The van der Waals surface area contributed by atoms with Crippen molar-refractivity contribution in [3.05, 3.63) is 35.9 Å². The van der Waals surface area contributed by atoms with Gasteiger partial charge in [-0.1, -0.05) is 30.3 Å². The molecule has 1 aliphatic rings. The molecular weight excluding hydrogens is 292 g/mol. The smallest absolute Gasteiger partial charge is 0.221 e. The first kappa shape index (κ1) is 17.9. The van der Waals surface area contributed by atoms with E-state index < -0.39 is 0 Å². The predicted molar refractivity (Wildman–Crippen MR) is 83.6 cm³/mol. The van der Waals surface area contributed by atoms with E-state index >= 15 is 0 Å². The number of ether oxygens (including phenoxy) is 2. The van der Waals surface area contributed by atoms with Gasteiger partial charge in [-0.15, -0.1) is 12.4 Å². The SMILES string of the molecule is Cl.O=C(CC1COCCN1)NCCOCc1ccccc1. The molecule has 21 heavy (non-hydrogen) atoms. The third-order valence-electron chi connectivity index (χ3n) is 3.11. The summed E-state index contributed by atoms with van der Waals surface area (Å²) < 4.78 is 10.8. The van der Waals surface area contributed by atoms with Crippen molar-refractivity contribution in [3.8, 4) is 0 Å². The van der Waals surface area contributed by atoms with E-state index in [1.54, 1.807) is 0 Å². The van der Waals surface area contributed by atoms with Gasteiger partial charge in [-0.3, -0.25) is 4.79 Å². The molecule has 1 saturated heterocycles. The standard InChI is InChI=1S/C15H22N2O3.ClH/c18-15(10-14-12-20-8-6-16-14)17-7-9-19-11-13-4-2-1-3-5-13;/h1-5,14,16H,6-12H2,(H,17,18);1H. The number of hydrogen-bond donors (Lipinski definition) is 2. The summed E-state index contributed by atoms with van der Waals surface area (Å²) >= 11 is 0. The fraction of sp³-hybridized carbons (Fsp3) is 0.533. The van der Waals surface area contributed by atoms with Crippen LogP contribution in [0.1, 0.15) is 12.0 Å². The normalized spacial score (nSPS) is 17.8. The van der Waals surface area contributed by atoms with Crippen LogP contribution in [-0.2, 0) is 20.9 Å². The van der Waals surface area contributed by atoms with Crippen LogP contribution < -0.4 is 10.6 Å². The van der Waals surface area contributed by atoms with Crippen molar-refractivity contribution in [2.45, 2.75) is 19.1 Å². The first-order valence-corrected chi connectivity index (χ1v) is 7.04. The Labute approximate surface area is 131 Å². The zero-order valence-electron chi connectivity index (χ0n) is 12.0. The molecule has 6 heteroatoms. The van der Waals surface area contributed by atoms with Crippen molar-refractivity contribution in [1.29, 1.82) is 0 Å². The van der Waals surface area contributed by atoms with Crippen LogP contribution in [0.25, 0.3) is 0 Å². The summed E-state index contributed by atoms with van der Waals surface area (Å²) in [5.41, 5.74) is 1.14. The zero-order chi connectivity index (χ0) is 14.0. The highest BCUT2D eigenvalue weighted by molar-refractivity contribution is 5.85. The first-order valence-electron chi connectivity index (χ1n) is 7.04. The number of morpholine rings is 1. The van der Waals surface area contributed by atoms with Crippen LogP contribution in [0.5, 0.6) is 0 Å². The number of carbonyl (C=O) groups is 1. The molecule has 1 aromatic carbocycles. The van der Waals surface area contributed by atoms with E-state index in [0.717, 1.165) is 18.7 Å². The minimum atomic E-state index is 0. The van der Waals surface area contributed by atoms with E-state index in [1.807, 2.05) is 30.3 Å². The molecule has 5 nitrogen and oxygen atoms in total. The van der Waals surface area contributed by atoms with Gasteiger partial charge in [0.1, 0.15) is 0 Å². The van der Waals surface area contributed by atoms with Crippen LogP contribution in [0.4, 0.5) is 0 Å². The Morgan fingerprint density at radius 2 is 2.19 bits per heavy atom. The number of nitrogens with one attached hydrogen (secondary N) is 2. The summed E-state index contributed by atoms with van der Waals surface area (Å²) in [6.45, 7) is 3.80. The number of halogens is 1. The van der Waals surface area contributed by atoms with E-state index in [-0.39, 0.29) is 24.4 Å². The molecular formula is C15H23ClN2O3. The molecule has 1 fully saturated rings. The lowest BCUT2D eigenvalue weighted by atomic mass is 10.2. The molecule has 1 aromatic rings. The highest BCUT2D eigenvalue weighted by Crippen LogP contribution is 2.00. The lowest BCUT2D eigenvalue weighted by Gasteiger charge is -2.23. The second-order valence-corrected chi connectivity index (χ2v) is 4.82.